The van der Waals surface area contributed by atoms with Crippen LogP contribution >= 0.6 is 0 Å². The van der Waals surface area contributed by atoms with Gasteiger partial charge in [0.15, 0.2) is 0 Å². The van der Waals surface area contributed by atoms with Crippen LogP contribution in [0.5, 0.6) is 0 Å². The first-order valence-electron chi connectivity index (χ1n) is 7.42. The molecule has 104 valence electrons. The second kappa shape index (κ2) is 7.45. The molecule has 0 saturated carbocycles. The predicted molar refractivity (Wildman–Crippen MR) is 79.0 cm³/mol. The van der Waals surface area contributed by atoms with Gasteiger partial charge in [-0.3, -0.25) is 0 Å². The summed E-state index contributed by atoms with van der Waals surface area (Å²) in [5, 5.41) is 3.59. The Bertz CT molecular complexity index is 340. The number of unbranched alkanes of at least 4 members (excludes halogenated alkanes) is 1. The van der Waals surface area contributed by atoms with Gasteiger partial charge in [0.2, 0.25) is 5.95 Å². The van der Waals surface area contributed by atoms with E-state index < -0.39 is 0 Å². The lowest BCUT2D eigenvalue weighted by atomic mass is 9.96. The molecule has 0 spiro atoms. The van der Waals surface area contributed by atoms with E-state index in [0.717, 1.165) is 24.1 Å². The van der Waals surface area contributed by atoms with E-state index in [1.807, 2.05) is 0 Å². The van der Waals surface area contributed by atoms with Gasteiger partial charge in [0.1, 0.15) is 0 Å². The summed E-state index contributed by atoms with van der Waals surface area (Å²) in [6, 6.07) is 0.488. The molecule has 0 amide bonds. The molecule has 1 unspecified atom stereocenters. The third-order valence-electron chi connectivity index (χ3n) is 3.76. The molecule has 0 bridgehead atoms. The second-order valence-corrected chi connectivity index (χ2v) is 5.26. The molecular formula is C15H29N3. The van der Waals surface area contributed by atoms with E-state index in [9.17, 15) is 0 Å². The molecule has 1 N–H and O–H groups in total. The van der Waals surface area contributed by atoms with Crippen LogP contribution in [0.4, 0.5) is 5.95 Å². The number of nitrogens with one attached hydrogen (secondary N) is 1. The lowest BCUT2D eigenvalue weighted by Gasteiger charge is -2.23. The van der Waals surface area contributed by atoms with Gasteiger partial charge < -0.3 is 9.88 Å². The first-order valence-corrected chi connectivity index (χ1v) is 7.42. The number of aromatic nitrogens is 2. The minimum atomic E-state index is 0.488. The van der Waals surface area contributed by atoms with Gasteiger partial charge in [-0.25, -0.2) is 4.98 Å². The van der Waals surface area contributed by atoms with Gasteiger partial charge in [-0.05, 0) is 26.2 Å². The number of aryl methyl sites for hydroxylation is 2. The van der Waals surface area contributed by atoms with Crippen molar-refractivity contribution in [1.29, 1.82) is 0 Å². The first-order chi connectivity index (χ1) is 8.62. The highest BCUT2D eigenvalue weighted by atomic mass is 15.2. The molecule has 1 aromatic rings. The molecule has 1 aromatic heterocycles. The average Bonchev–Trinajstić information content (AvgIpc) is 2.68. The zero-order valence-corrected chi connectivity index (χ0v) is 12.7. The van der Waals surface area contributed by atoms with E-state index in [1.165, 1.54) is 25.7 Å². The molecule has 0 radical (unpaired) electrons. The minimum absolute atomic E-state index is 0.488. The Kier molecular flexibility index (Phi) is 6.23. The van der Waals surface area contributed by atoms with Crippen molar-refractivity contribution in [3.8, 4) is 0 Å². The number of rotatable bonds is 8. The summed E-state index contributed by atoms with van der Waals surface area (Å²) >= 11 is 0. The van der Waals surface area contributed by atoms with Crippen molar-refractivity contribution in [3.05, 3.63) is 11.9 Å². The van der Waals surface area contributed by atoms with Crippen LogP contribution in [0, 0.1) is 12.8 Å². The quantitative estimate of drug-likeness (QED) is 0.749. The number of nitrogens with zero attached hydrogens (tertiary/aromatic N) is 2. The third-order valence-corrected chi connectivity index (χ3v) is 3.76. The van der Waals surface area contributed by atoms with Gasteiger partial charge in [0.05, 0.1) is 5.69 Å². The SMILES string of the molecule is CCCCn1cc(C)nc1NC(C)C(CC)CC. The summed E-state index contributed by atoms with van der Waals surface area (Å²) in [6.45, 7) is 12.2. The number of imidazole rings is 1. The second-order valence-electron chi connectivity index (χ2n) is 5.26. The van der Waals surface area contributed by atoms with Gasteiger partial charge in [-0.15, -0.1) is 0 Å². The van der Waals surface area contributed by atoms with Crippen LogP contribution in [-0.4, -0.2) is 15.6 Å². The fourth-order valence-electron chi connectivity index (χ4n) is 2.48. The molecule has 1 rings (SSSR count). The molecule has 0 saturated heterocycles. The smallest absolute Gasteiger partial charge is 0.203 e. The van der Waals surface area contributed by atoms with Crippen molar-refractivity contribution < 1.29 is 0 Å². The normalized spacial score (nSPS) is 13.0. The highest BCUT2D eigenvalue weighted by Crippen LogP contribution is 2.18. The molecule has 0 fully saturated rings. The summed E-state index contributed by atoms with van der Waals surface area (Å²) in [4.78, 5) is 4.61. The minimum Gasteiger partial charge on any atom is -0.353 e. The zero-order chi connectivity index (χ0) is 13.5. The van der Waals surface area contributed by atoms with Crippen LogP contribution in [0.2, 0.25) is 0 Å². The largest absolute Gasteiger partial charge is 0.353 e. The summed E-state index contributed by atoms with van der Waals surface area (Å²) in [7, 11) is 0. The molecule has 0 aliphatic carbocycles. The van der Waals surface area contributed by atoms with E-state index in [-0.39, 0.29) is 0 Å². The summed E-state index contributed by atoms with van der Waals surface area (Å²) in [5.74, 6) is 1.77. The third kappa shape index (κ3) is 4.04. The van der Waals surface area contributed by atoms with Gasteiger partial charge in [0, 0.05) is 18.8 Å². The lowest BCUT2D eigenvalue weighted by Crippen LogP contribution is -2.26. The Morgan fingerprint density at radius 1 is 1.28 bits per heavy atom. The van der Waals surface area contributed by atoms with Crippen molar-refractivity contribution in [2.45, 2.75) is 72.9 Å². The van der Waals surface area contributed by atoms with E-state index in [2.05, 4.69) is 55.7 Å². The fraction of sp³-hybridized carbons (Fsp3) is 0.800. The Morgan fingerprint density at radius 2 is 1.94 bits per heavy atom. The molecule has 0 aliphatic heterocycles. The summed E-state index contributed by atoms with van der Waals surface area (Å²) in [5.41, 5.74) is 1.10. The van der Waals surface area contributed by atoms with Crippen LogP contribution in [-0.2, 0) is 6.54 Å². The van der Waals surface area contributed by atoms with E-state index in [1.54, 1.807) is 0 Å². The maximum Gasteiger partial charge on any atom is 0.203 e. The summed E-state index contributed by atoms with van der Waals surface area (Å²) < 4.78 is 2.26. The number of anilines is 1. The molecule has 18 heavy (non-hydrogen) atoms. The fourth-order valence-corrected chi connectivity index (χ4v) is 2.48. The van der Waals surface area contributed by atoms with Crippen LogP contribution in [0.25, 0.3) is 0 Å². The molecular weight excluding hydrogens is 222 g/mol. The van der Waals surface area contributed by atoms with Gasteiger partial charge in [-0.1, -0.05) is 40.0 Å². The maximum atomic E-state index is 4.61. The molecule has 3 nitrogen and oxygen atoms in total. The van der Waals surface area contributed by atoms with Crippen molar-refractivity contribution in [1.82, 2.24) is 9.55 Å². The maximum absolute atomic E-state index is 4.61. The highest BCUT2D eigenvalue weighted by Gasteiger charge is 2.15. The van der Waals surface area contributed by atoms with Crippen molar-refractivity contribution in [2.75, 3.05) is 5.32 Å². The van der Waals surface area contributed by atoms with E-state index in [0.29, 0.717) is 6.04 Å². The molecule has 1 heterocycles. The topological polar surface area (TPSA) is 29.9 Å². The Balaban J connectivity index is 2.70. The van der Waals surface area contributed by atoms with Gasteiger partial charge in [0.25, 0.3) is 0 Å². The van der Waals surface area contributed by atoms with Crippen LogP contribution < -0.4 is 5.32 Å². The molecule has 1 atom stereocenters. The standard InChI is InChI=1S/C15H29N3/c1-6-9-10-18-11-12(4)16-15(18)17-13(5)14(7-2)8-3/h11,13-14H,6-10H2,1-5H3,(H,16,17). The lowest BCUT2D eigenvalue weighted by molar-refractivity contribution is 0.434. The summed E-state index contributed by atoms with van der Waals surface area (Å²) in [6.07, 6.45) is 7.03. The molecule has 0 aliphatic rings. The Morgan fingerprint density at radius 3 is 2.50 bits per heavy atom. The van der Waals surface area contributed by atoms with Crippen molar-refractivity contribution >= 4 is 5.95 Å². The average molecular weight is 251 g/mol. The highest BCUT2D eigenvalue weighted by molar-refractivity contribution is 5.30. The number of hydrogen-bond acceptors (Lipinski definition) is 2. The van der Waals surface area contributed by atoms with Crippen molar-refractivity contribution in [3.63, 3.8) is 0 Å². The Hall–Kier alpha value is -0.990. The number of hydrogen-bond donors (Lipinski definition) is 1. The Labute approximate surface area is 112 Å². The predicted octanol–water partition coefficient (Wildman–Crippen LogP) is 4.23. The van der Waals surface area contributed by atoms with Crippen molar-refractivity contribution in [2.24, 2.45) is 5.92 Å². The van der Waals surface area contributed by atoms with E-state index in [4.69, 9.17) is 0 Å². The molecule has 3 heteroatoms. The van der Waals surface area contributed by atoms with Gasteiger partial charge in [-0.2, -0.15) is 0 Å². The van der Waals surface area contributed by atoms with Crippen LogP contribution in [0.3, 0.4) is 0 Å². The first kappa shape index (κ1) is 15.1. The van der Waals surface area contributed by atoms with Crippen LogP contribution in [0.1, 0.15) is 59.1 Å². The van der Waals surface area contributed by atoms with Gasteiger partial charge >= 0.3 is 0 Å². The van der Waals surface area contributed by atoms with Crippen LogP contribution in [0.15, 0.2) is 6.20 Å². The monoisotopic (exact) mass is 251 g/mol. The van der Waals surface area contributed by atoms with E-state index >= 15 is 0 Å². The molecule has 0 aromatic carbocycles. The zero-order valence-electron chi connectivity index (χ0n) is 12.7.